The maximum atomic E-state index is 4.97. The molecule has 2 aromatic heterocycles. The van der Waals surface area contributed by atoms with E-state index in [1.165, 1.54) is 41.8 Å². The van der Waals surface area contributed by atoms with Crippen LogP contribution in [0, 0.1) is 0 Å². The Labute approximate surface area is 153 Å². The summed E-state index contributed by atoms with van der Waals surface area (Å²) in [5.74, 6) is 2.05. The Bertz CT molecular complexity index is 735. The fraction of sp³-hybridized carbons (Fsp3) is 0.579. The van der Waals surface area contributed by atoms with Crippen LogP contribution in [0.3, 0.4) is 0 Å². The molecule has 3 aliphatic rings. The summed E-state index contributed by atoms with van der Waals surface area (Å²) in [4.78, 5) is 16.3. The van der Waals surface area contributed by atoms with Gasteiger partial charge in [0, 0.05) is 55.6 Å². The number of anilines is 2. The van der Waals surface area contributed by atoms with Crippen LogP contribution in [0.1, 0.15) is 41.8 Å². The summed E-state index contributed by atoms with van der Waals surface area (Å²) >= 11 is 1.85. The summed E-state index contributed by atoms with van der Waals surface area (Å²) in [6.07, 6.45) is 6.11. The van der Waals surface area contributed by atoms with E-state index in [1.54, 1.807) is 0 Å². The SMILES string of the molecule is c1csc(CN2CCc3nc(N4CCCC4)nc(NC4CC4)c3C2)c1. The highest BCUT2D eigenvalue weighted by atomic mass is 32.1. The lowest BCUT2D eigenvalue weighted by Crippen LogP contribution is -2.32. The van der Waals surface area contributed by atoms with Gasteiger partial charge in [-0.2, -0.15) is 4.98 Å². The topological polar surface area (TPSA) is 44.3 Å². The first-order chi connectivity index (χ1) is 12.3. The monoisotopic (exact) mass is 355 g/mol. The van der Waals surface area contributed by atoms with Crippen LogP contribution in [0.15, 0.2) is 17.5 Å². The Hall–Kier alpha value is -1.66. The molecule has 0 atom stereocenters. The van der Waals surface area contributed by atoms with E-state index in [2.05, 4.69) is 32.6 Å². The quantitative estimate of drug-likeness (QED) is 0.892. The van der Waals surface area contributed by atoms with Gasteiger partial charge in [0.15, 0.2) is 0 Å². The molecular formula is C19H25N5S. The zero-order chi connectivity index (χ0) is 16.6. The standard InChI is InChI=1S/C19H25N5S/c1-2-9-24(8-1)19-21-17-7-10-23(12-15-4-3-11-25-15)13-16(17)18(22-19)20-14-5-6-14/h3-4,11,14H,1-2,5-10,12-13H2,(H,20,21,22). The van der Waals surface area contributed by atoms with Crippen LogP contribution in [0.5, 0.6) is 0 Å². The second-order valence-electron chi connectivity index (χ2n) is 7.45. The van der Waals surface area contributed by atoms with E-state index in [9.17, 15) is 0 Å². The molecule has 1 saturated carbocycles. The second kappa shape index (κ2) is 6.57. The molecule has 25 heavy (non-hydrogen) atoms. The smallest absolute Gasteiger partial charge is 0.227 e. The fourth-order valence-corrected chi connectivity index (χ4v) is 4.56. The minimum Gasteiger partial charge on any atom is -0.367 e. The summed E-state index contributed by atoms with van der Waals surface area (Å²) < 4.78 is 0. The molecule has 1 aliphatic carbocycles. The van der Waals surface area contributed by atoms with Crippen LogP contribution < -0.4 is 10.2 Å². The van der Waals surface area contributed by atoms with Crippen LogP contribution in [0.4, 0.5) is 11.8 Å². The predicted molar refractivity (Wildman–Crippen MR) is 102 cm³/mol. The van der Waals surface area contributed by atoms with Crippen molar-refractivity contribution in [1.82, 2.24) is 14.9 Å². The van der Waals surface area contributed by atoms with E-state index in [-0.39, 0.29) is 0 Å². The molecule has 0 spiro atoms. The van der Waals surface area contributed by atoms with Gasteiger partial charge < -0.3 is 10.2 Å². The van der Waals surface area contributed by atoms with Gasteiger partial charge in [0.1, 0.15) is 5.82 Å². The zero-order valence-corrected chi connectivity index (χ0v) is 15.4. The third kappa shape index (κ3) is 3.37. The van der Waals surface area contributed by atoms with E-state index in [1.807, 2.05) is 11.3 Å². The Morgan fingerprint density at radius 3 is 2.80 bits per heavy atom. The Morgan fingerprint density at radius 2 is 2.04 bits per heavy atom. The molecule has 0 amide bonds. The van der Waals surface area contributed by atoms with Crippen molar-refractivity contribution in [2.45, 2.75) is 51.2 Å². The number of nitrogens with zero attached hydrogens (tertiary/aromatic N) is 4. The normalized spacial score (nSPS) is 20.7. The first-order valence-electron chi connectivity index (χ1n) is 9.51. The highest BCUT2D eigenvalue weighted by Gasteiger charge is 2.28. The summed E-state index contributed by atoms with van der Waals surface area (Å²) in [7, 11) is 0. The number of hydrogen-bond acceptors (Lipinski definition) is 6. The third-order valence-electron chi connectivity index (χ3n) is 5.39. The minimum atomic E-state index is 0.623. The van der Waals surface area contributed by atoms with E-state index in [0.29, 0.717) is 6.04 Å². The molecule has 0 radical (unpaired) electrons. The van der Waals surface area contributed by atoms with Crippen molar-refractivity contribution >= 4 is 23.1 Å². The lowest BCUT2D eigenvalue weighted by atomic mass is 10.1. The number of nitrogens with one attached hydrogen (secondary N) is 1. The highest BCUT2D eigenvalue weighted by Crippen LogP contribution is 2.32. The van der Waals surface area contributed by atoms with Crippen LogP contribution in [0.25, 0.3) is 0 Å². The maximum absolute atomic E-state index is 4.97. The molecule has 2 aliphatic heterocycles. The summed E-state index contributed by atoms with van der Waals surface area (Å²) in [5, 5.41) is 5.85. The van der Waals surface area contributed by atoms with Crippen molar-refractivity contribution < 1.29 is 0 Å². The van der Waals surface area contributed by atoms with Gasteiger partial charge in [0.25, 0.3) is 0 Å². The molecule has 5 nitrogen and oxygen atoms in total. The van der Waals surface area contributed by atoms with E-state index >= 15 is 0 Å². The Balaban J connectivity index is 1.42. The van der Waals surface area contributed by atoms with Gasteiger partial charge >= 0.3 is 0 Å². The van der Waals surface area contributed by atoms with Gasteiger partial charge in [-0.25, -0.2) is 4.98 Å². The van der Waals surface area contributed by atoms with E-state index in [4.69, 9.17) is 9.97 Å². The predicted octanol–water partition coefficient (Wildman–Crippen LogP) is 3.27. The van der Waals surface area contributed by atoms with Crippen molar-refractivity contribution in [3.63, 3.8) is 0 Å². The van der Waals surface area contributed by atoms with Crippen LogP contribution in [-0.2, 0) is 19.5 Å². The van der Waals surface area contributed by atoms with E-state index in [0.717, 1.165) is 50.9 Å². The average molecular weight is 356 g/mol. The first-order valence-corrected chi connectivity index (χ1v) is 10.4. The Kier molecular flexibility index (Phi) is 4.10. The molecular weight excluding hydrogens is 330 g/mol. The molecule has 2 fully saturated rings. The molecule has 2 aromatic rings. The maximum Gasteiger partial charge on any atom is 0.227 e. The van der Waals surface area contributed by atoms with Crippen LogP contribution >= 0.6 is 11.3 Å². The van der Waals surface area contributed by atoms with Crippen molar-refractivity contribution in [3.05, 3.63) is 33.6 Å². The first kappa shape index (κ1) is 15.6. The number of aromatic nitrogens is 2. The van der Waals surface area contributed by atoms with Crippen molar-refractivity contribution in [2.75, 3.05) is 29.9 Å². The molecule has 0 unspecified atom stereocenters. The van der Waals surface area contributed by atoms with Crippen molar-refractivity contribution in [1.29, 1.82) is 0 Å². The number of hydrogen-bond donors (Lipinski definition) is 1. The fourth-order valence-electron chi connectivity index (χ4n) is 3.81. The van der Waals surface area contributed by atoms with Gasteiger partial charge in [-0.3, -0.25) is 4.90 Å². The molecule has 5 rings (SSSR count). The highest BCUT2D eigenvalue weighted by molar-refractivity contribution is 7.09. The summed E-state index contributed by atoms with van der Waals surface area (Å²) in [6, 6.07) is 5.00. The van der Waals surface area contributed by atoms with Crippen LogP contribution in [-0.4, -0.2) is 40.5 Å². The zero-order valence-electron chi connectivity index (χ0n) is 14.6. The molecule has 0 bridgehead atoms. The minimum absolute atomic E-state index is 0.623. The molecule has 132 valence electrons. The Morgan fingerprint density at radius 1 is 1.16 bits per heavy atom. The lowest BCUT2D eigenvalue weighted by molar-refractivity contribution is 0.245. The number of thiophene rings is 1. The molecule has 0 aromatic carbocycles. The van der Waals surface area contributed by atoms with Gasteiger partial charge in [-0.05, 0) is 37.1 Å². The third-order valence-corrected chi connectivity index (χ3v) is 6.26. The van der Waals surface area contributed by atoms with Gasteiger partial charge in [0.05, 0.1) is 5.69 Å². The number of rotatable bonds is 5. The second-order valence-corrected chi connectivity index (χ2v) is 8.48. The number of fused-ring (bicyclic) bond motifs is 1. The van der Waals surface area contributed by atoms with Crippen molar-refractivity contribution in [2.24, 2.45) is 0 Å². The van der Waals surface area contributed by atoms with Gasteiger partial charge in [-0.1, -0.05) is 6.07 Å². The summed E-state index contributed by atoms with van der Waals surface area (Å²) in [6.45, 7) is 5.29. The molecule has 1 saturated heterocycles. The molecule has 6 heteroatoms. The molecule has 1 N–H and O–H groups in total. The molecule has 4 heterocycles. The average Bonchev–Trinajstić information content (AvgIpc) is 3.09. The van der Waals surface area contributed by atoms with Crippen LogP contribution in [0.2, 0.25) is 0 Å². The summed E-state index contributed by atoms with van der Waals surface area (Å²) in [5.41, 5.74) is 2.60. The largest absolute Gasteiger partial charge is 0.367 e. The van der Waals surface area contributed by atoms with E-state index < -0.39 is 0 Å². The van der Waals surface area contributed by atoms with Crippen molar-refractivity contribution in [3.8, 4) is 0 Å². The van der Waals surface area contributed by atoms with Gasteiger partial charge in [-0.15, -0.1) is 11.3 Å². The van der Waals surface area contributed by atoms with Gasteiger partial charge in [0.2, 0.25) is 5.95 Å². The lowest BCUT2D eigenvalue weighted by Gasteiger charge is -2.30.